The Kier molecular flexibility index (Phi) is 2.75. The molecule has 0 fully saturated rings. The Hall–Kier alpha value is -2.29. The molecule has 0 spiro atoms. The normalized spacial score (nSPS) is 10.9. The average Bonchev–Trinajstić information content (AvgIpc) is 2.75. The molecule has 0 unspecified atom stereocenters. The summed E-state index contributed by atoms with van der Waals surface area (Å²) in [7, 11) is 1.69. The fourth-order valence-electron chi connectivity index (χ4n) is 2.46. The topological polar surface area (TPSA) is 27.1 Å². The van der Waals surface area contributed by atoms with Crippen molar-refractivity contribution >= 4 is 11.0 Å². The van der Waals surface area contributed by atoms with Crippen molar-refractivity contribution < 1.29 is 4.74 Å². The number of rotatable bonds is 2. The van der Waals surface area contributed by atoms with E-state index in [4.69, 9.17) is 4.74 Å². The van der Waals surface area contributed by atoms with Gasteiger partial charge in [0.05, 0.1) is 23.8 Å². The van der Waals surface area contributed by atoms with Crippen molar-refractivity contribution in [2.45, 2.75) is 13.8 Å². The maximum atomic E-state index is 5.26. The first-order valence-electron chi connectivity index (χ1n) is 6.30. The number of imidazole rings is 1. The van der Waals surface area contributed by atoms with Crippen LogP contribution in [0.25, 0.3) is 16.7 Å². The fourth-order valence-corrected chi connectivity index (χ4v) is 2.46. The number of aryl methyl sites for hydroxylation is 2. The zero-order chi connectivity index (χ0) is 13.4. The van der Waals surface area contributed by atoms with Crippen molar-refractivity contribution in [3.8, 4) is 11.4 Å². The van der Waals surface area contributed by atoms with E-state index in [1.165, 1.54) is 5.56 Å². The van der Waals surface area contributed by atoms with Crippen LogP contribution in [0.2, 0.25) is 0 Å². The molecular weight excluding hydrogens is 236 g/mol. The van der Waals surface area contributed by atoms with E-state index in [1.54, 1.807) is 7.11 Å². The molecule has 0 radical (unpaired) electrons. The van der Waals surface area contributed by atoms with Crippen LogP contribution in [0.4, 0.5) is 0 Å². The standard InChI is InChI=1S/C16H16N2O/c1-11-10-13(19-3)8-9-15(11)18-12(2)17-14-6-4-5-7-16(14)18/h4-10H,1-3H3. The molecule has 96 valence electrons. The number of methoxy groups -OCH3 is 1. The Morgan fingerprint density at radius 1 is 1.05 bits per heavy atom. The SMILES string of the molecule is COc1ccc(-n2c(C)nc3ccccc32)c(C)c1. The third kappa shape index (κ3) is 1.87. The van der Waals surface area contributed by atoms with E-state index in [1.807, 2.05) is 37.3 Å². The predicted octanol–water partition coefficient (Wildman–Crippen LogP) is 3.65. The number of fused-ring (bicyclic) bond motifs is 1. The third-order valence-electron chi connectivity index (χ3n) is 3.37. The summed E-state index contributed by atoms with van der Waals surface area (Å²) in [5, 5.41) is 0. The summed E-state index contributed by atoms with van der Waals surface area (Å²) in [4.78, 5) is 4.60. The van der Waals surface area contributed by atoms with E-state index < -0.39 is 0 Å². The lowest BCUT2D eigenvalue weighted by Gasteiger charge is -2.11. The largest absolute Gasteiger partial charge is 0.497 e. The molecule has 1 heterocycles. The highest BCUT2D eigenvalue weighted by atomic mass is 16.5. The summed E-state index contributed by atoms with van der Waals surface area (Å²) in [6.45, 7) is 4.12. The molecule has 3 nitrogen and oxygen atoms in total. The first kappa shape index (κ1) is 11.8. The maximum Gasteiger partial charge on any atom is 0.119 e. The minimum absolute atomic E-state index is 0.878. The molecule has 3 rings (SSSR count). The summed E-state index contributed by atoms with van der Waals surface area (Å²) < 4.78 is 7.44. The van der Waals surface area contributed by atoms with Gasteiger partial charge in [0, 0.05) is 0 Å². The van der Waals surface area contributed by atoms with E-state index in [9.17, 15) is 0 Å². The van der Waals surface area contributed by atoms with Gasteiger partial charge in [0.1, 0.15) is 11.6 Å². The molecule has 0 N–H and O–H groups in total. The summed E-state index contributed by atoms with van der Waals surface area (Å²) in [5.74, 6) is 1.87. The van der Waals surface area contributed by atoms with Gasteiger partial charge in [-0.1, -0.05) is 12.1 Å². The van der Waals surface area contributed by atoms with Crippen LogP contribution in [-0.4, -0.2) is 16.7 Å². The predicted molar refractivity (Wildman–Crippen MR) is 77.1 cm³/mol. The molecule has 0 atom stereocenters. The lowest BCUT2D eigenvalue weighted by molar-refractivity contribution is 0.414. The first-order chi connectivity index (χ1) is 9.20. The number of ether oxygens (including phenoxy) is 1. The molecule has 3 heteroatoms. The number of para-hydroxylation sites is 2. The smallest absolute Gasteiger partial charge is 0.119 e. The van der Waals surface area contributed by atoms with Crippen LogP contribution in [0, 0.1) is 13.8 Å². The second kappa shape index (κ2) is 4.43. The number of benzene rings is 2. The summed E-state index contributed by atoms with van der Waals surface area (Å²) in [6.07, 6.45) is 0. The van der Waals surface area contributed by atoms with Gasteiger partial charge in [0.15, 0.2) is 0 Å². The van der Waals surface area contributed by atoms with Crippen LogP contribution in [0.1, 0.15) is 11.4 Å². The molecule has 0 aliphatic rings. The van der Waals surface area contributed by atoms with Gasteiger partial charge in [0.2, 0.25) is 0 Å². The van der Waals surface area contributed by atoms with Gasteiger partial charge in [-0.3, -0.25) is 4.57 Å². The van der Waals surface area contributed by atoms with Crippen LogP contribution in [0.5, 0.6) is 5.75 Å². The summed E-state index contributed by atoms with van der Waals surface area (Å²) >= 11 is 0. The monoisotopic (exact) mass is 252 g/mol. The molecule has 19 heavy (non-hydrogen) atoms. The van der Waals surface area contributed by atoms with Gasteiger partial charge >= 0.3 is 0 Å². The van der Waals surface area contributed by atoms with Gasteiger partial charge < -0.3 is 4.74 Å². The summed E-state index contributed by atoms with van der Waals surface area (Å²) in [6, 6.07) is 14.3. The second-order valence-electron chi connectivity index (χ2n) is 4.64. The molecule has 3 aromatic rings. The van der Waals surface area contributed by atoms with Crippen LogP contribution < -0.4 is 4.74 Å². The zero-order valence-electron chi connectivity index (χ0n) is 11.3. The zero-order valence-corrected chi connectivity index (χ0v) is 11.3. The average molecular weight is 252 g/mol. The third-order valence-corrected chi connectivity index (χ3v) is 3.37. The van der Waals surface area contributed by atoms with E-state index in [0.717, 1.165) is 28.3 Å². The Morgan fingerprint density at radius 3 is 2.58 bits per heavy atom. The van der Waals surface area contributed by atoms with Crippen molar-refractivity contribution in [2.24, 2.45) is 0 Å². The number of hydrogen-bond acceptors (Lipinski definition) is 2. The number of hydrogen-bond donors (Lipinski definition) is 0. The molecule has 0 amide bonds. The molecular formula is C16H16N2O. The van der Waals surface area contributed by atoms with Crippen molar-refractivity contribution in [1.82, 2.24) is 9.55 Å². The number of aromatic nitrogens is 2. The van der Waals surface area contributed by atoms with Crippen molar-refractivity contribution in [1.29, 1.82) is 0 Å². The van der Waals surface area contributed by atoms with Gasteiger partial charge in [-0.2, -0.15) is 0 Å². The number of nitrogens with zero attached hydrogens (tertiary/aromatic N) is 2. The van der Waals surface area contributed by atoms with Crippen molar-refractivity contribution in [3.63, 3.8) is 0 Å². The van der Waals surface area contributed by atoms with Crippen molar-refractivity contribution in [3.05, 3.63) is 53.9 Å². The minimum Gasteiger partial charge on any atom is -0.497 e. The quantitative estimate of drug-likeness (QED) is 0.696. The van der Waals surface area contributed by atoms with Crippen LogP contribution in [0.3, 0.4) is 0 Å². The molecule has 0 saturated heterocycles. The van der Waals surface area contributed by atoms with Gasteiger partial charge in [0.25, 0.3) is 0 Å². The molecule has 0 aliphatic heterocycles. The molecule has 2 aromatic carbocycles. The molecule has 0 bridgehead atoms. The van der Waals surface area contributed by atoms with E-state index in [0.29, 0.717) is 0 Å². The molecule has 1 aromatic heterocycles. The van der Waals surface area contributed by atoms with Gasteiger partial charge in [-0.05, 0) is 49.7 Å². The lowest BCUT2D eigenvalue weighted by atomic mass is 10.2. The minimum atomic E-state index is 0.878. The summed E-state index contributed by atoms with van der Waals surface area (Å²) in [5.41, 5.74) is 4.47. The van der Waals surface area contributed by atoms with Crippen molar-refractivity contribution in [2.75, 3.05) is 7.11 Å². The van der Waals surface area contributed by atoms with Gasteiger partial charge in [-0.15, -0.1) is 0 Å². The van der Waals surface area contributed by atoms with E-state index in [2.05, 4.69) is 28.6 Å². The van der Waals surface area contributed by atoms with Gasteiger partial charge in [-0.25, -0.2) is 4.98 Å². The van der Waals surface area contributed by atoms with Crippen LogP contribution >= 0.6 is 0 Å². The Balaban J connectivity index is 2.27. The fraction of sp³-hybridized carbons (Fsp3) is 0.188. The van der Waals surface area contributed by atoms with E-state index >= 15 is 0 Å². The Morgan fingerprint density at radius 2 is 1.84 bits per heavy atom. The molecule has 0 saturated carbocycles. The molecule has 0 aliphatic carbocycles. The van der Waals surface area contributed by atoms with Crippen LogP contribution in [0.15, 0.2) is 42.5 Å². The second-order valence-corrected chi connectivity index (χ2v) is 4.64. The lowest BCUT2D eigenvalue weighted by Crippen LogP contribution is -1.99. The Labute approximate surface area is 112 Å². The highest BCUT2D eigenvalue weighted by Gasteiger charge is 2.10. The highest BCUT2D eigenvalue weighted by Crippen LogP contribution is 2.25. The van der Waals surface area contributed by atoms with Crippen LogP contribution in [-0.2, 0) is 0 Å². The first-order valence-corrected chi connectivity index (χ1v) is 6.30. The Bertz CT molecular complexity index is 744. The maximum absolute atomic E-state index is 5.26. The highest BCUT2D eigenvalue weighted by molar-refractivity contribution is 5.78. The van der Waals surface area contributed by atoms with E-state index in [-0.39, 0.29) is 0 Å².